The average molecular weight is 330 g/mol. The Balaban J connectivity index is 1.79. The molecular formula is C18H22N2O2S. The molecule has 1 aromatic carbocycles. The maximum Gasteiger partial charge on any atom is 0.261 e. The van der Waals surface area contributed by atoms with E-state index in [4.69, 9.17) is 0 Å². The monoisotopic (exact) mass is 330 g/mol. The van der Waals surface area contributed by atoms with Crippen molar-refractivity contribution in [1.29, 1.82) is 0 Å². The minimum atomic E-state index is -0.127. The first-order chi connectivity index (χ1) is 11.1. The van der Waals surface area contributed by atoms with Gasteiger partial charge >= 0.3 is 0 Å². The molecule has 2 rings (SSSR count). The smallest absolute Gasteiger partial charge is 0.261 e. The Labute approximate surface area is 140 Å². The van der Waals surface area contributed by atoms with Gasteiger partial charge in [-0.1, -0.05) is 42.8 Å². The topological polar surface area (TPSA) is 58.2 Å². The van der Waals surface area contributed by atoms with Gasteiger partial charge in [0.15, 0.2) is 0 Å². The minimum Gasteiger partial charge on any atom is -0.351 e. The molecule has 1 atom stereocenters. The highest BCUT2D eigenvalue weighted by Crippen LogP contribution is 2.17. The first-order valence-corrected chi connectivity index (χ1v) is 8.65. The summed E-state index contributed by atoms with van der Waals surface area (Å²) in [6.07, 6.45) is 1.11. The highest BCUT2D eigenvalue weighted by atomic mass is 32.1. The Bertz CT molecular complexity index is 636. The standard InChI is InChI=1S/C18H22N2O2S/c1-3-15(14-8-6-13(2)7-9-14)20-17(21)10-11-19-18(22)16-5-4-12-23-16/h4-9,12,15H,3,10-11H2,1-2H3,(H,19,22)(H,20,21). The Morgan fingerprint density at radius 2 is 1.91 bits per heavy atom. The van der Waals surface area contributed by atoms with Crippen molar-refractivity contribution in [3.8, 4) is 0 Å². The highest BCUT2D eigenvalue weighted by Gasteiger charge is 2.13. The lowest BCUT2D eigenvalue weighted by molar-refractivity contribution is -0.121. The van der Waals surface area contributed by atoms with Crippen molar-refractivity contribution >= 4 is 23.2 Å². The van der Waals surface area contributed by atoms with E-state index in [1.807, 2.05) is 49.6 Å². The molecule has 0 aliphatic heterocycles. The number of amides is 2. The molecular weight excluding hydrogens is 308 g/mol. The third-order valence-electron chi connectivity index (χ3n) is 3.61. The van der Waals surface area contributed by atoms with Gasteiger partial charge in [0.05, 0.1) is 10.9 Å². The largest absolute Gasteiger partial charge is 0.351 e. The van der Waals surface area contributed by atoms with Gasteiger partial charge < -0.3 is 10.6 Å². The van der Waals surface area contributed by atoms with Crippen molar-refractivity contribution in [3.63, 3.8) is 0 Å². The van der Waals surface area contributed by atoms with E-state index in [0.717, 1.165) is 12.0 Å². The van der Waals surface area contributed by atoms with Gasteiger partial charge in [-0.15, -0.1) is 11.3 Å². The van der Waals surface area contributed by atoms with E-state index in [1.165, 1.54) is 16.9 Å². The summed E-state index contributed by atoms with van der Waals surface area (Å²) in [5.74, 6) is -0.178. The van der Waals surface area contributed by atoms with Crippen LogP contribution < -0.4 is 10.6 Å². The van der Waals surface area contributed by atoms with Gasteiger partial charge in [-0.05, 0) is 30.4 Å². The molecule has 5 heteroatoms. The van der Waals surface area contributed by atoms with E-state index in [2.05, 4.69) is 10.6 Å². The molecule has 122 valence electrons. The van der Waals surface area contributed by atoms with Gasteiger partial charge in [-0.2, -0.15) is 0 Å². The first-order valence-electron chi connectivity index (χ1n) is 7.77. The molecule has 1 aromatic heterocycles. The third kappa shape index (κ3) is 5.21. The second-order valence-electron chi connectivity index (χ2n) is 5.42. The molecule has 0 saturated heterocycles. The number of hydrogen-bond donors (Lipinski definition) is 2. The maximum absolute atomic E-state index is 12.1. The van der Waals surface area contributed by atoms with Crippen molar-refractivity contribution in [1.82, 2.24) is 10.6 Å². The van der Waals surface area contributed by atoms with E-state index < -0.39 is 0 Å². The molecule has 1 unspecified atom stereocenters. The molecule has 1 heterocycles. The molecule has 0 spiro atoms. The fourth-order valence-corrected chi connectivity index (χ4v) is 2.91. The van der Waals surface area contributed by atoms with E-state index in [0.29, 0.717) is 11.4 Å². The van der Waals surface area contributed by atoms with Crippen LogP contribution >= 0.6 is 11.3 Å². The van der Waals surface area contributed by atoms with Crippen LogP contribution in [-0.2, 0) is 4.79 Å². The molecule has 0 aliphatic carbocycles. The SMILES string of the molecule is CCC(NC(=O)CCNC(=O)c1cccs1)c1ccc(C)cc1. The number of nitrogens with one attached hydrogen (secondary N) is 2. The molecule has 0 bridgehead atoms. The van der Waals surface area contributed by atoms with Crippen LogP contribution in [0.1, 0.15) is 46.6 Å². The van der Waals surface area contributed by atoms with Crippen molar-refractivity contribution < 1.29 is 9.59 Å². The van der Waals surface area contributed by atoms with E-state index >= 15 is 0 Å². The van der Waals surface area contributed by atoms with E-state index in [1.54, 1.807) is 6.07 Å². The zero-order valence-electron chi connectivity index (χ0n) is 13.5. The summed E-state index contributed by atoms with van der Waals surface area (Å²) in [5.41, 5.74) is 2.31. The number of carbonyl (C=O) groups excluding carboxylic acids is 2. The number of thiophene rings is 1. The second kappa shape index (κ2) is 8.48. The summed E-state index contributed by atoms with van der Waals surface area (Å²) in [6, 6.07) is 11.8. The van der Waals surface area contributed by atoms with Gasteiger partial charge in [0.25, 0.3) is 5.91 Å². The van der Waals surface area contributed by atoms with Crippen LogP contribution in [0, 0.1) is 6.92 Å². The van der Waals surface area contributed by atoms with E-state index in [-0.39, 0.29) is 24.3 Å². The van der Waals surface area contributed by atoms with Crippen molar-refractivity contribution in [2.45, 2.75) is 32.7 Å². The van der Waals surface area contributed by atoms with Crippen LogP contribution in [0.3, 0.4) is 0 Å². The summed E-state index contributed by atoms with van der Waals surface area (Å²) in [4.78, 5) is 24.5. The summed E-state index contributed by atoms with van der Waals surface area (Å²) >= 11 is 1.39. The van der Waals surface area contributed by atoms with Crippen LogP contribution in [0.5, 0.6) is 0 Å². The van der Waals surface area contributed by atoms with Crippen LogP contribution in [0.2, 0.25) is 0 Å². The van der Waals surface area contributed by atoms with Crippen molar-refractivity contribution in [3.05, 3.63) is 57.8 Å². The Kier molecular flexibility index (Phi) is 6.35. The third-order valence-corrected chi connectivity index (χ3v) is 4.47. The van der Waals surface area contributed by atoms with Crippen molar-refractivity contribution in [2.24, 2.45) is 0 Å². The summed E-state index contributed by atoms with van der Waals surface area (Å²) in [5, 5.41) is 7.64. The van der Waals surface area contributed by atoms with Gasteiger partial charge in [-0.25, -0.2) is 0 Å². The normalized spacial score (nSPS) is 11.7. The molecule has 4 nitrogen and oxygen atoms in total. The number of carbonyl (C=O) groups is 2. The number of aryl methyl sites for hydroxylation is 1. The van der Waals surface area contributed by atoms with Gasteiger partial charge in [0.2, 0.25) is 5.91 Å². The summed E-state index contributed by atoms with van der Waals surface area (Å²) in [6.45, 7) is 4.43. The zero-order valence-corrected chi connectivity index (χ0v) is 14.3. The van der Waals surface area contributed by atoms with Crippen LogP contribution in [0.25, 0.3) is 0 Å². The fourth-order valence-electron chi connectivity index (χ4n) is 2.27. The molecule has 2 aromatic rings. The lowest BCUT2D eigenvalue weighted by Gasteiger charge is -2.17. The van der Waals surface area contributed by atoms with Crippen LogP contribution in [-0.4, -0.2) is 18.4 Å². The molecule has 0 aliphatic rings. The summed E-state index contributed by atoms with van der Waals surface area (Å²) in [7, 11) is 0. The molecule has 0 radical (unpaired) electrons. The quantitative estimate of drug-likeness (QED) is 0.817. The molecule has 23 heavy (non-hydrogen) atoms. The predicted octanol–water partition coefficient (Wildman–Crippen LogP) is 3.44. The lowest BCUT2D eigenvalue weighted by Crippen LogP contribution is -2.32. The van der Waals surface area contributed by atoms with Gasteiger partial charge in [0, 0.05) is 13.0 Å². The minimum absolute atomic E-state index is 0.0103. The van der Waals surface area contributed by atoms with E-state index in [9.17, 15) is 9.59 Å². The second-order valence-corrected chi connectivity index (χ2v) is 6.37. The highest BCUT2D eigenvalue weighted by molar-refractivity contribution is 7.12. The number of benzene rings is 1. The number of rotatable bonds is 7. The fraction of sp³-hybridized carbons (Fsp3) is 0.333. The molecule has 2 amide bonds. The Hall–Kier alpha value is -2.14. The summed E-state index contributed by atoms with van der Waals surface area (Å²) < 4.78 is 0. The van der Waals surface area contributed by atoms with Gasteiger partial charge in [0.1, 0.15) is 0 Å². The van der Waals surface area contributed by atoms with Crippen LogP contribution in [0.4, 0.5) is 0 Å². The lowest BCUT2D eigenvalue weighted by atomic mass is 10.0. The first kappa shape index (κ1) is 17.2. The maximum atomic E-state index is 12.1. The molecule has 0 fully saturated rings. The van der Waals surface area contributed by atoms with Gasteiger partial charge in [-0.3, -0.25) is 9.59 Å². The van der Waals surface area contributed by atoms with Crippen LogP contribution in [0.15, 0.2) is 41.8 Å². The Morgan fingerprint density at radius 1 is 1.17 bits per heavy atom. The predicted molar refractivity (Wildman–Crippen MR) is 93.6 cm³/mol. The zero-order chi connectivity index (χ0) is 16.7. The molecule has 0 saturated carbocycles. The molecule has 2 N–H and O–H groups in total. The number of hydrogen-bond acceptors (Lipinski definition) is 3. The Morgan fingerprint density at radius 3 is 2.52 bits per heavy atom. The van der Waals surface area contributed by atoms with Crippen molar-refractivity contribution in [2.75, 3.05) is 6.54 Å². The average Bonchev–Trinajstić information content (AvgIpc) is 3.08.